The lowest BCUT2D eigenvalue weighted by molar-refractivity contribution is 0.559. The van der Waals surface area contributed by atoms with Crippen molar-refractivity contribution in [2.45, 2.75) is 12.5 Å². The van der Waals surface area contributed by atoms with Gasteiger partial charge in [0.25, 0.3) is 0 Å². The van der Waals surface area contributed by atoms with Crippen molar-refractivity contribution in [3.05, 3.63) is 57.0 Å². The van der Waals surface area contributed by atoms with Gasteiger partial charge in [-0.15, -0.1) is 11.3 Å². The molecule has 3 N–H and O–H groups in total. The van der Waals surface area contributed by atoms with Crippen LogP contribution in [0.25, 0.3) is 5.52 Å². The Labute approximate surface area is 123 Å². The topological polar surface area (TPSA) is 55.3 Å². The van der Waals surface area contributed by atoms with Crippen LogP contribution >= 0.6 is 27.3 Å². The Balaban J connectivity index is 1.93. The summed E-state index contributed by atoms with van der Waals surface area (Å²) in [5.74, 6) is 5.72. The molecular formula is C13H13BrN4S. The second kappa shape index (κ2) is 5.42. The molecular weight excluding hydrogens is 324 g/mol. The number of halogens is 1. The Kier molecular flexibility index (Phi) is 3.65. The second-order valence-electron chi connectivity index (χ2n) is 4.26. The van der Waals surface area contributed by atoms with Gasteiger partial charge in [-0.05, 0) is 40.2 Å². The average molecular weight is 337 g/mol. The molecule has 19 heavy (non-hydrogen) atoms. The van der Waals surface area contributed by atoms with E-state index >= 15 is 0 Å². The third-order valence-corrected chi connectivity index (χ3v) is 4.71. The molecule has 0 aromatic carbocycles. The number of aromatic nitrogens is 2. The molecule has 3 aromatic heterocycles. The van der Waals surface area contributed by atoms with Crippen LogP contribution in [0.4, 0.5) is 0 Å². The molecule has 4 nitrogen and oxygen atoms in total. The summed E-state index contributed by atoms with van der Waals surface area (Å²) in [6, 6.07) is 10.3. The molecule has 3 aromatic rings. The Morgan fingerprint density at radius 1 is 1.37 bits per heavy atom. The van der Waals surface area contributed by atoms with Gasteiger partial charge in [-0.2, -0.15) is 5.10 Å². The van der Waals surface area contributed by atoms with Crippen molar-refractivity contribution in [3.8, 4) is 0 Å². The van der Waals surface area contributed by atoms with Crippen LogP contribution in [0.1, 0.15) is 16.5 Å². The molecule has 0 aliphatic heterocycles. The Bertz CT molecular complexity index is 691. The van der Waals surface area contributed by atoms with Crippen LogP contribution in [0.3, 0.4) is 0 Å². The average Bonchev–Trinajstić information content (AvgIpc) is 3.02. The van der Waals surface area contributed by atoms with E-state index in [2.05, 4.69) is 44.7 Å². The van der Waals surface area contributed by atoms with E-state index in [1.165, 1.54) is 4.88 Å². The number of hydrogen-bond acceptors (Lipinski definition) is 4. The lowest BCUT2D eigenvalue weighted by Gasteiger charge is -2.13. The van der Waals surface area contributed by atoms with Crippen molar-refractivity contribution in [1.29, 1.82) is 0 Å². The van der Waals surface area contributed by atoms with Crippen LogP contribution in [0.2, 0.25) is 0 Å². The molecule has 0 fully saturated rings. The van der Waals surface area contributed by atoms with Gasteiger partial charge in [0, 0.05) is 23.1 Å². The summed E-state index contributed by atoms with van der Waals surface area (Å²) >= 11 is 5.21. The van der Waals surface area contributed by atoms with E-state index in [-0.39, 0.29) is 6.04 Å². The van der Waals surface area contributed by atoms with Gasteiger partial charge in [0.15, 0.2) is 0 Å². The van der Waals surface area contributed by atoms with Crippen LogP contribution < -0.4 is 11.3 Å². The molecule has 0 spiro atoms. The molecule has 0 bridgehead atoms. The van der Waals surface area contributed by atoms with Gasteiger partial charge in [0.1, 0.15) is 0 Å². The first-order valence-electron chi connectivity index (χ1n) is 5.90. The quantitative estimate of drug-likeness (QED) is 0.569. The number of rotatable bonds is 4. The number of fused-ring (bicyclic) bond motifs is 1. The molecule has 1 unspecified atom stereocenters. The van der Waals surface area contributed by atoms with Crippen molar-refractivity contribution in [2.75, 3.05) is 0 Å². The third kappa shape index (κ3) is 2.57. The first-order chi connectivity index (χ1) is 9.28. The van der Waals surface area contributed by atoms with Crippen LogP contribution in [0, 0.1) is 0 Å². The molecule has 0 saturated carbocycles. The molecule has 0 aliphatic rings. The first-order valence-corrected chi connectivity index (χ1v) is 7.51. The van der Waals surface area contributed by atoms with E-state index in [1.54, 1.807) is 11.3 Å². The monoisotopic (exact) mass is 336 g/mol. The summed E-state index contributed by atoms with van der Waals surface area (Å²) in [5.41, 5.74) is 5.09. The lowest BCUT2D eigenvalue weighted by atomic mass is 10.1. The fraction of sp³-hybridized carbons (Fsp3) is 0.154. The second-order valence-corrected chi connectivity index (χ2v) is 6.81. The highest BCUT2D eigenvalue weighted by Gasteiger charge is 2.16. The number of hydrogen-bond donors (Lipinski definition) is 2. The smallest absolute Gasteiger partial charge is 0.0710 e. The van der Waals surface area contributed by atoms with Gasteiger partial charge in [-0.3, -0.25) is 11.3 Å². The number of nitrogens with one attached hydrogen (secondary N) is 1. The maximum absolute atomic E-state index is 5.72. The molecule has 0 aliphatic carbocycles. The molecule has 0 amide bonds. The molecule has 98 valence electrons. The van der Waals surface area contributed by atoms with Gasteiger partial charge in [0.2, 0.25) is 0 Å². The van der Waals surface area contributed by atoms with Crippen molar-refractivity contribution in [2.24, 2.45) is 5.84 Å². The summed E-state index contributed by atoms with van der Waals surface area (Å²) in [6.07, 6.45) is 4.67. The maximum Gasteiger partial charge on any atom is 0.0710 e. The summed E-state index contributed by atoms with van der Waals surface area (Å²) in [5, 5.41) is 4.35. The van der Waals surface area contributed by atoms with E-state index < -0.39 is 0 Å². The van der Waals surface area contributed by atoms with Crippen LogP contribution in [0.15, 0.2) is 46.5 Å². The number of thiophene rings is 1. The summed E-state index contributed by atoms with van der Waals surface area (Å²) in [7, 11) is 0. The minimum Gasteiger partial charge on any atom is -0.271 e. The number of pyridine rings is 1. The molecule has 1 atom stereocenters. The zero-order valence-corrected chi connectivity index (χ0v) is 12.5. The molecule has 0 radical (unpaired) electrons. The van der Waals surface area contributed by atoms with Gasteiger partial charge in [-0.25, -0.2) is 4.52 Å². The number of nitrogens with two attached hydrogens (primary N) is 1. The predicted molar refractivity (Wildman–Crippen MR) is 81.0 cm³/mol. The molecule has 6 heteroatoms. The van der Waals surface area contributed by atoms with E-state index in [1.807, 2.05) is 29.0 Å². The standard InChI is InChI=1S/C13H13BrN4S/c14-13-5-4-9(19-13)7-11(17-15)10-8-16-18-6-2-1-3-12(10)18/h1-6,8,11,17H,7,15H2. The van der Waals surface area contributed by atoms with Gasteiger partial charge >= 0.3 is 0 Å². The minimum absolute atomic E-state index is 0.0606. The highest BCUT2D eigenvalue weighted by molar-refractivity contribution is 9.11. The van der Waals surface area contributed by atoms with E-state index in [0.717, 1.165) is 21.3 Å². The highest BCUT2D eigenvalue weighted by Crippen LogP contribution is 2.28. The molecule has 3 rings (SSSR count). The summed E-state index contributed by atoms with van der Waals surface area (Å²) in [4.78, 5) is 1.28. The molecule has 3 heterocycles. The Hall–Kier alpha value is -1.21. The normalized spacial score (nSPS) is 12.9. The lowest BCUT2D eigenvalue weighted by Crippen LogP contribution is -2.29. The minimum atomic E-state index is 0.0606. The summed E-state index contributed by atoms with van der Waals surface area (Å²) in [6.45, 7) is 0. The third-order valence-electron chi connectivity index (χ3n) is 3.07. The summed E-state index contributed by atoms with van der Waals surface area (Å²) < 4.78 is 3.00. The van der Waals surface area contributed by atoms with E-state index in [9.17, 15) is 0 Å². The SMILES string of the molecule is NNC(Cc1ccc(Br)s1)c1cnn2ccccc12. The fourth-order valence-corrected chi connectivity index (χ4v) is 3.67. The van der Waals surface area contributed by atoms with Gasteiger partial charge < -0.3 is 0 Å². The first kappa shape index (κ1) is 12.8. The number of nitrogens with zero attached hydrogens (tertiary/aromatic N) is 2. The van der Waals surface area contributed by atoms with Crippen molar-refractivity contribution >= 4 is 32.8 Å². The van der Waals surface area contributed by atoms with Crippen molar-refractivity contribution in [3.63, 3.8) is 0 Å². The van der Waals surface area contributed by atoms with Crippen LogP contribution in [-0.4, -0.2) is 9.61 Å². The van der Waals surface area contributed by atoms with E-state index in [0.29, 0.717) is 0 Å². The fourth-order valence-electron chi connectivity index (χ4n) is 2.14. The van der Waals surface area contributed by atoms with Gasteiger partial charge in [0.05, 0.1) is 21.5 Å². The zero-order chi connectivity index (χ0) is 13.2. The predicted octanol–water partition coefficient (Wildman–Crippen LogP) is 2.91. The Morgan fingerprint density at radius 2 is 2.26 bits per heavy atom. The van der Waals surface area contributed by atoms with Crippen molar-refractivity contribution < 1.29 is 0 Å². The zero-order valence-electron chi connectivity index (χ0n) is 10.1. The van der Waals surface area contributed by atoms with Gasteiger partial charge in [-0.1, -0.05) is 6.07 Å². The van der Waals surface area contributed by atoms with Crippen LogP contribution in [0.5, 0.6) is 0 Å². The van der Waals surface area contributed by atoms with Crippen LogP contribution in [-0.2, 0) is 6.42 Å². The highest BCUT2D eigenvalue weighted by atomic mass is 79.9. The van der Waals surface area contributed by atoms with Crippen molar-refractivity contribution in [1.82, 2.24) is 15.0 Å². The van der Waals surface area contributed by atoms with E-state index in [4.69, 9.17) is 5.84 Å². The maximum atomic E-state index is 5.72. The largest absolute Gasteiger partial charge is 0.271 e. The Morgan fingerprint density at radius 3 is 3.00 bits per heavy atom. The molecule has 0 saturated heterocycles. The number of hydrazine groups is 1.